The Labute approximate surface area is 92.8 Å². The highest BCUT2D eigenvalue weighted by Gasteiger charge is 2.20. The topological polar surface area (TPSA) is 0 Å². The summed E-state index contributed by atoms with van der Waals surface area (Å²) in [6.45, 7) is 6.78. The lowest BCUT2D eigenvalue weighted by Crippen LogP contribution is -2.18. The van der Waals surface area contributed by atoms with Gasteiger partial charge in [0.05, 0.1) is 0 Å². The van der Waals surface area contributed by atoms with E-state index in [2.05, 4.69) is 20.8 Å². The molecule has 0 spiro atoms. The van der Waals surface area contributed by atoms with Crippen molar-refractivity contribution in [3.8, 4) is 0 Å². The van der Waals surface area contributed by atoms with Crippen molar-refractivity contribution in [2.75, 3.05) is 17.4 Å². The van der Waals surface area contributed by atoms with Crippen LogP contribution in [-0.2, 0) is 0 Å². The van der Waals surface area contributed by atoms with Gasteiger partial charge in [0.1, 0.15) is 0 Å². The molecule has 0 aromatic carbocycles. The average Bonchev–Trinajstić information content (AvgIpc) is 2.13. The molecule has 0 bridgehead atoms. The lowest BCUT2D eigenvalue weighted by Gasteiger charge is -2.26. The van der Waals surface area contributed by atoms with Crippen LogP contribution in [0.25, 0.3) is 0 Å². The fraction of sp³-hybridized carbons (Fsp3) is 1.00. The van der Waals surface area contributed by atoms with Gasteiger partial charge in [-0.1, -0.05) is 27.2 Å². The van der Waals surface area contributed by atoms with Crippen LogP contribution in [0.5, 0.6) is 0 Å². The smallest absolute Gasteiger partial charge is 0.0277 e. The van der Waals surface area contributed by atoms with Gasteiger partial charge in [-0.25, -0.2) is 0 Å². The maximum atomic E-state index is 5.99. The van der Waals surface area contributed by atoms with E-state index in [0.29, 0.717) is 5.41 Å². The summed E-state index contributed by atoms with van der Waals surface area (Å²) in [7, 11) is 0. The molecule has 0 aliphatic heterocycles. The minimum atomic E-state index is 0.393. The van der Waals surface area contributed by atoms with Crippen LogP contribution >= 0.6 is 23.4 Å². The van der Waals surface area contributed by atoms with Gasteiger partial charge in [0.25, 0.3) is 0 Å². The molecular formula is C11H23ClS. The van der Waals surface area contributed by atoms with E-state index in [1.54, 1.807) is 0 Å². The third kappa shape index (κ3) is 6.68. The van der Waals surface area contributed by atoms with Gasteiger partial charge < -0.3 is 0 Å². The summed E-state index contributed by atoms with van der Waals surface area (Å²) in [5.41, 5.74) is 0.393. The second-order valence-electron chi connectivity index (χ2n) is 3.99. The van der Waals surface area contributed by atoms with E-state index in [9.17, 15) is 0 Å². The molecule has 0 saturated heterocycles. The summed E-state index contributed by atoms with van der Waals surface area (Å²) in [5.74, 6) is 3.36. The number of halogens is 1. The van der Waals surface area contributed by atoms with Crippen molar-refractivity contribution in [2.24, 2.45) is 5.41 Å². The van der Waals surface area contributed by atoms with E-state index in [0.717, 1.165) is 5.88 Å². The van der Waals surface area contributed by atoms with Crippen molar-refractivity contribution in [1.82, 2.24) is 0 Å². The molecule has 1 atom stereocenters. The molecule has 1 unspecified atom stereocenters. The summed E-state index contributed by atoms with van der Waals surface area (Å²) < 4.78 is 0. The van der Waals surface area contributed by atoms with Gasteiger partial charge in [-0.05, 0) is 36.2 Å². The van der Waals surface area contributed by atoms with Crippen molar-refractivity contribution in [1.29, 1.82) is 0 Å². The highest BCUT2D eigenvalue weighted by atomic mass is 35.5. The molecule has 0 rings (SSSR count). The molecule has 0 aromatic rings. The Kier molecular flexibility index (Phi) is 8.38. The molecule has 0 saturated carbocycles. The van der Waals surface area contributed by atoms with Crippen LogP contribution in [0.15, 0.2) is 0 Å². The zero-order valence-corrected chi connectivity index (χ0v) is 10.8. The summed E-state index contributed by atoms with van der Waals surface area (Å²) in [6, 6.07) is 0. The van der Waals surface area contributed by atoms with Crippen LogP contribution in [0.2, 0.25) is 0 Å². The van der Waals surface area contributed by atoms with Crippen LogP contribution in [0.4, 0.5) is 0 Å². The zero-order valence-electron chi connectivity index (χ0n) is 9.24. The van der Waals surface area contributed by atoms with E-state index in [1.807, 2.05) is 11.8 Å². The highest BCUT2D eigenvalue weighted by molar-refractivity contribution is 7.99. The van der Waals surface area contributed by atoms with Crippen molar-refractivity contribution < 1.29 is 0 Å². The first-order valence-electron chi connectivity index (χ1n) is 5.32. The number of hydrogen-bond donors (Lipinski definition) is 0. The molecular weight excluding hydrogens is 200 g/mol. The van der Waals surface area contributed by atoms with Crippen LogP contribution in [0, 0.1) is 5.41 Å². The molecule has 0 aromatic heterocycles. The van der Waals surface area contributed by atoms with Crippen LogP contribution in [0.1, 0.15) is 46.5 Å². The monoisotopic (exact) mass is 222 g/mol. The second kappa shape index (κ2) is 7.99. The fourth-order valence-electron chi connectivity index (χ4n) is 1.61. The molecule has 2 heteroatoms. The van der Waals surface area contributed by atoms with Gasteiger partial charge >= 0.3 is 0 Å². The number of alkyl halides is 1. The van der Waals surface area contributed by atoms with Crippen molar-refractivity contribution in [3.63, 3.8) is 0 Å². The van der Waals surface area contributed by atoms with Gasteiger partial charge in [-0.3, -0.25) is 0 Å². The Balaban J connectivity index is 3.57. The Morgan fingerprint density at radius 3 is 2.38 bits per heavy atom. The summed E-state index contributed by atoms with van der Waals surface area (Å²) >= 11 is 8.03. The SMILES string of the molecule is CCCC(C)(CCl)CCCSCC. The Morgan fingerprint density at radius 2 is 1.92 bits per heavy atom. The molecule has 0 nitrogen and oxygen atoms in total. The van der Waals surface area contributed by atoms with Gasteiger partial charge in [0.15, 0.2) is 0 Å². The maximum Gasteiger partial charge on any atom is 0.0277 e. The second-order valence-corrected chi connectivity index (χ2v) is 5.66. The number of hydrogen-bond acceptors (Lipinski definition) is 1. The first-order valence-corrected chi connectivity index (χ1v) is 7.01. The third-order valence-electron chi connectivity index (χ3n) is 2.45. The lowest BCUT2D eigenvalue weighted by molar-refractivity contribution is 0.308. The largest absolute Gasteiger partial charge is 0.162 e. The zero-order chi connectivity index (χ0) is 10.2. The number of thioether (sulfide) groups is 1. The fourth-order valence-corrected chi connectivity index (χ4v) is 2.51. The summed E-state index contributed by atoms with van der Waals surface area (Å²) in [6.07, 6.45) is 5.14. The van der Waals surface area contributed by atoms with Crippen molar-refractivity contribution in [2.45, 2.75) is 46.5 Å². The molecule has 0 heterocycles. The van der Waals surface area contributed by atoms with Crippen LogP contribution < -0.4 is 0 Å². The van der Waals surface area contributed by atoms with E-state index in [4.69, 9.17) is 11.6 Å². The first-order chi connectivity index (χ1) is 6.18. The predicted molar refractivity (Wildman–Crippen MR) is 66.0 cm³/mol. The molecule has 13 heavy (non-hydrogen) atoms. The van der Waals surface area contributed by atoms with Gasteiger partial charge in [0.2, 0.25) is 0 Å². The van der Waals surface area contributed by atoms with Crippen LogP contribution in [0.3, 0.4) is 0 Å². The van der Waals surface area contributed by atoms with Gasteiger partial charge in [0, 0.05) is 5.88 Å². The summed E-state index contributed by atoms with van der Waals surface area (Å²) in [4.78, 5) is 0. The average molecular weight is 223 g/mol. The molecule has 0 fully saturated rings. The standard InChI is InChI=1S/C11H23ClS/c1-4-7-11(3,10-12)8-6-9-13-5-2/h4-10H2,1-3H3. The van der Waals surface area contributed by atoms with E-state index < -0.39 is 0 Å². The molecule has 80 valence electrons. The minimum Gasteiger partial charge on any atom is -0.162 e. The normalized spacial score (nSPS) is 15.7. The van der Waals surface area contributed by atoms with Crippen LogP contribution in [-0.4, -0.2) is 17.4 Å². The van der Waals surface area contributed by atoms with Gasteiger partial charge in [-0.15, -0.1) is 11.6 Å². The molecule has 0 aliphatic rings. The molecule has 0 amide bonds. The minimum absolute atomic E-state index is 0.393. The Hall–Kier alpha value is 0.640. The lowest BCUT2D eigenvalue weighted by atomic mass is 9.83. The van der Waals surface area contributed by atoms with Crippen molar-refractivity contribution in [3.05, 3.63) is 0 Å². The number of rotatable bonds is 8. The first kappa shape index (κ1) is 13.6. The molecule has 0 aliphatic carbocycles. The molecule has 0 N–H and O–H groups in total. The third-order valence-corrected chi connectivity index (χ3v) is 4.08. The maximum absolute atomic E-state index is 5.99. The summed E-state index contributed by atoms with van der Waals surface area (Å²) in [5, 5.41) is 0. The highest BCUT2D eigenvalue weighted by Crippen LogP contribution is 2.31. The van der Waals surface area contributed by atoms with E-state index in [-0.39, 0.29) is 0 Å². The van der Waals surface area contributed by atoms with E-state index in [1.165, 1.54) is 37.2 Å². The van der Waals surface area contributed by atoms with Gasteiger partial charge in [-0.2, -0.15) is 11.8 Å². The Morgan fingerprint density at radius 1 is 1.23 bits per heavy atom. The van der Waals surface area contributed by atoms with E-state index >= 15 is 0 Å². The molecule has 0 radical (unpaired) electrons. The quantitative estimate of drug-likeness (QED) is 0.429. The van der Waals surface area contributed by atoms with Crippen molar-refractivity contribution >= 4 is 23.4 Å². The Bertz CT molecular complexity index is 117. The predicted octanol–water partition coefficient (Wildman–Crippen LogP) is 4.56.